The summed E-state index contributed by atoms with van der Waals surface area (Å²) < 4.78 is 16.4. The van der Waals surface area contributed by atoms with E-state index in [1.54, 1.807) is 43.2 Å². The van der Waals surface area contributed by atoms with Crippen LogP contribution in [0.3, 0.4) is 0 Å². The Morgan fingerprint density at radius 2 is 1.97 bits per heavy atom. The molecule has 7 nitrogen and oxygen atoms in total. The van der Waals surface area contributed by atoms with Gasteiger partial charge in [-0.25, -0.2) is 0 Å². The molecule has 1 heterocycles. The van der Waals surface area contributed by atoms with Gasteiger partial charge in [0.15, 0.2) is 6.10 Å². The van der Waals surface area contributed by atoms with Crippen LogP contribution in [-0.2, 0) is 9.59 Å². The van der Waals surface area contributed by atoms with Crippen LogP contribution >= 0.6 is 0 Å². The van der Waals surface area contributed by atoms with E-state index >= 15 is 0 Å². The first-order valence-electron chi connectivity index (χ1n) is 9.81. The van der Waals surface area contributed by atoms with Gasteiger partial charge in [-0.3, -0.25) is 9.59 Å². The molecule has 0 bridgehead atoms. The van der Waals surface area contributed by atoms with Gasteiger partial charge in [0.1, 0.15) is 17.2 Å². The van der Waals surface area contributed by atoms with Gasteiger partial charge < -0.3 is 24.4 Å². The highest BCUT2D eigenvalue weighted by atomic mass is 16.5. The van der Waals surface area contributed by atoms with Crippen LogP contribution in [0.2, 0.25) is 0 Å². The number of rotatable bonds is 9. The average molecular weight is 410 g/mol. The van der Waals surface area contributed by atoms with Crippen molar-refractivity contribution < 1.29 is 23.8 Å². The average Bonchev–Trinajstić information content (AvgIpc) is 2.75. The Labute approximate surface area is 176 Å². The molecule has 1 N–H and O–H groups in total. The number of benzene rings is 2. The zero-order valence-electron chi connectivity index (χ0n) is 17.2. The number of hydrogen-bond acceptors (Lipinski definition) is 5. The highest BCUT2D eigenvalue weighted by molar-refractivity contribution is 6.01. The zero-order chi connectivity index (χ0) is 21.5. The zero-order valence-corrected chi connectivity index (χ0v) is 17.2. The van der Waals surface area contributed by atoms with Crippen molar-refractivity contribution >= 4 is 23.2 Å². The molecule has 2 aromatic rings. The van der Waals surface area contributed by atoms with E-state index in [2.05, 4.69) is 11.9 Å². The molecule has 2 amide bonds. The summed E-state index contributed by atoms with van der Waals surface area (Å²) in [7, 11) is 1.61. The molecule has 1 atom stereocenters. The normalized spacial score (nSPS) is 15.1. The fourth-order valence-electron chi connectivity index (χ4n) is 3.12. The van der Waals surface area contributed by atoms with E-state index in [0.717, 1.165) is 11.5 Å². The molecule has 7 heteroatoms. The largest absolute Gasteiger partial charge is 0.497 e. The molecule has 3 rings (SSSR count). The minimum atomic E-state index is -0.552. The Hall–Kier alpha value is -3.48. The van der Waals surface area contributed by atoms with Gasteiger partial charge in [0, 0.05) is 18.7 Å². The number of ether oxygens (including phenoxy) is 3. The maximum atomic E-state index is 12.4. The van der Waals surface area contributed by atoms with Crippen LogP contribution in [0, 0.1) is 0 Å². The molecule has 0 spiro atoms. The van der Waals surface area contributed by atoms with Crippen molar-refractivity contribution in [2.75, 3.05) is 30.5 Å². The van der Waals surface area contributed by atoms with Crippen molar-refractivity contribution in [3.8, 4) is 17.2 Å². The van der Waals surface area contributed by atoms with Crippen molar-refractivity contribution in [2.24, 2.45) is 0 Å². The number of nitrogens with one attached hydrogen (secondary N) is 1. The van der Waals surface area contributed by atoms with Crippen molar-refractivity contribution in [3.63, 3.8) is 0 Å². The minimum absolute atomic E-state index is 0.125. The Bertz CT molecular complexity index is 910. The van der Waals surface area contributed by atoms with Gasteiger partial charge in [-0.15, -0.1) is 6.58 Å². The molecule has 1 unspecified atom stereocenters. The quantitative estimate of drug-likeness (QED) is 0.503. The second-order valence-corrected chi connectivity index (χ2v) is 6.86. The number of methoxy groups -OCH3 is 1. The lowest BCUT2D eigenvalue weighted by molar-refractivity contribution is -0.125. The second kappa shape index (κ2) is 9.82. The summed E-state index contributed by atoms with van der Waals surface area (Å²) in [5.41, 5.74) is 1.23. The molecule has 158 valence electrons. The fourth-order valence-corrected chi connectivity index (χ4v) is 3.12. The summed E-state index contributed by atoms with van der Waals surface area (Å²) in [6, 6.07) is 12.6. The molecule has 1 aliphatic rings. The van der Waals surface area contributed by atoms with Crippen molar-refractivity contribution in [3.05, 3.63) is 55.1 Å². The summed E-state index contributed by atoms with van der Waals surface area (Å²) in [4.78, 5) is 26.3. The predicted octanol–water partition coefficient (Wildman–Crippen LogP) is 3.79. The predicted molar refractivity (Wildman–Crippen MR) is 115 cm³/mol. The first-order chi connectivity index (χ1) is 14.5. The fraction of sp³-hybridized carbons (Fsp3) is 0.304. The number of carbonyl (C=O) groups is 2. The van der Waals surface area contributed by atoms with Gasteiger partial charge in [-0.2, -0.15) is 0 Å². The number of hydrogen-bond donors (Lipinski definition) is 1. The third kappa shape index (κ3) is 5.11. The number of amides is 2. The van der Waals surface area contributed by atoms with Crippen LogP contribution in [0.15, 0.2) is 55.1 Å². The molecule has 0 aliphatic carbocycles. The monoisotopic (exact) mass is 410 g/mol. The van der Waals surface area contributed by atoms with Crippen LogP contribution < -0.4 is 24.4 Å². The maximum absolute atomic E-state index is 12.4. The van der Waals surface area contributed by atoms with E-state index in [1.807, 2.05) is 24.3 Å². The minimum Gasteiger partial charge on any atom is -0.497 e. The number of anilines is 2. The van der Waals surface area contributed by atoms with Gasteiger partial charge in [0.05, 0.1) is 19.4 Å². The molecule has 2 aromatic carbocycles. The third-order valence-electron chi connectivity index (χ3n) is 4.64. The van der Waals surface area contributed by atoms with Gasteiger partial charge in [0.2, 0.25) is 5.91 Å². The lowest BCUT2D eigenvalue weighted by Gasteiger charge is -2.32. The molecule has 0 fully saturated rings. The summed E-state index contributed by atoms with van der Waals surface area (Å²) in [5.74, 6) is 1.84. The molecule has 0 saturated carbocycles. The highest BCUT2D eigenvalue weighted by Gasteiger charge is 2.30. The van der Waals surface area contributed by atoms with Crippen molar-refractivity contribution in [2.45, 2.75) is 25.9 Å². The van der Waals surface area contributed by atoms with E-state index in [9.17, 15) is 9.59 Å². The Kier molecular flexibility index (Phi) is 6.95. The van der Waals surface area contributed by atoms with Gasteiger partial charge in [-0.05, 0) is 55.8 Å². The maximum Gasteiger partial charge on any atom is 0.268 e. The van der Waals surface area contributed by atoms with E-state index in [-0.39, 0.29) is 11.8 Å². The Balaban J connectivity index is 1.52. The standard InChI is InChI=1S/C23H26N2O5/c1-4-13-25-20-15-17(7-12-21(20)30-16(2)23(25)27)24-22(26)6-5-14-29-19-10-8-18(28-3)9-11-19/h4,7-12,15-16H,1,5-6,13-14H2,2-3H3,(H,24,26). The number of nitrogens with zero attached hydrogens (tertiary/aromatic N) is 1. The molecule has 1 aliphatic heterocycles. The number of carbonyl (C=O) groups excluding carboxylic acids is 2. The van der Waals surface area contributed by atoms with Crippen LogP contribution in [0.1, 0.15) is 19.8 Å². The van der Waals surface area contributed by atoms with Crippen LogP contribution in [0.5, 0.6) is 17.2 Å². The molecule has 0 aromatic heterocycles. The lowest BCUT2D eigenvalue weighted by Crippen LogP contribution is -2.44. The molecular weight excluding hydrogens is 384 g/mol. The van der Waals surface area contributed by atoms with Crippen molar-refractivity contribution in [1.82, 2.24) is 0 Å². The molecule has 0 radical (unpaired) electrons. The van der Waals surface area contributed by atoms with E-state index in [1.165, 1.54) is 0 Å². The van der Waals surface area contributed by atoms with Crippen LogP contribution in [0.4, 0.5) is 11.4 Å². The van der Waals surface area contributed by atoms with E-state index < -0.39 is 6.10 Å². The molecule has 30 heavy (non-hydrogen) atoms. The summed E-state index contributed by atoms with van der Waals surface area (Å²) >= 11 is 0. The van der Waals surface area contributed by atoms with Gasteiger partial charge in [0.25, 0.3) is 5.91 Å². The smallest absolute Gasteiger partial charge is 0.268 e. The Morgan fingerprint density at radius 3 is 2.67 bits per heavy atom. The first-order valence-corrected chi connectivity index (χ1v) is 9.81. The lowest BCUT2D eigenvalue weighted by atomic mass is 10.1. The SMILES string of the molecule is C=CCN1C(=O)C(C)Oc2ccc(NC(=O)CCCOc3ccc(OC)cc3)cc21. The van der Waals surface area contributed by atoms with Gasteiger partial charge in [-0.1, -0.05) is 6.08 Å². The number of fused-ring (bicyclic) bond motifs is 1. The van der Waals surface area contributed by atoms with Crippen LogP contribution in [0.25, 0.3) is 0 Å². The molecule has 0 saturated heterocycles. The third-order valence-corrected chi connectivity index (χ3v) is 4.64. The van der Waals surface area contributed by atoms with Crippen LogP contribution in [-0.4, -0.2) is 38.2 Å². The van der Waals surface area contributed by atoms with Crippen molar-refractivity contribution in [1.29, 1.82) is 0 Å². The summed E-state index contributed by atoms with van der Waals surface area (Å²) in [6.07, 6.45) is 2.00. The Morgan fingerprint density at radius 1 is 1.23 bits per heavy atom. The first kappa shape index (κ1) is 21.2. The highest BCUT2D eigenvalue weighted by Crippen LogP contribution is 2.36. The molecular formula is C23H26N2O5. The summed E-state index contributed by atoms with van der Waals surface area (Å²) in [6.45, 7) is 6.22. The van der Waals surface area contributed by atoms with E-state index in [0.29, 0.717) is 43.1 Å². The van der Waals surface area contributed by atoms with Gasteiger partial charge >= 0.3 is 0 Å². The van der Waals surface area contributed by atoms with E-state index in [4.69, 9.17) is 14.2 Å². The topological polar surface area (TPSA) is 77.1 Å². The second-order valence-electron chi connectivity index (χ2n) is 6.86. The summed E-state index contributed by atoms with van der Waals surface area (Å²) in [5, 5.41) is 2.86.